The average molecular weight is 114 g/mol. The van der Waals surface area contributed by atoms with Crippen LogP contribution in [-0.2, 0) is 4.74 Å². The highest BCUT2D eigenvalue weighted by atomic mass is 16.5. The molecule has 2 rings (SSSR count). The number of aliphatic hydroxyl groups is 1. The topological polar surface area (TPSA) is 29.5 Å². The minimum absolute atomic E-state index is 0.236. The van der Waals surface area contributed by atoms with Crippen molar-refractivity contribution in [1.82, 2.24) is 0 Å². The van der Waals surface area contributed by atoms with Gasteiger partial charge in [-0.05, 0) is 12.3 Å². The van der Waals surface area contributed by atoms with Crippen LogP contribution in [0.3, 0.4) is 0 Å². The molecule has 0 aromatic heterocycles. The molecule has 0 spiro atoms. The van der Waals surface area contributed by atoms with Gasteiger partial charge in [-0.1, -0.05) is 0 Å². The molecule has 1 aliphatic heterocycles. The Morgan fingerprint density at radius 2 is 2.62 bits per heavy atom. The Morgan fingerprint density at radius 1 is 1.75 bits per heavy atom. The Hall–Kier alpha value is -0.0800. The maximum Gasteiger partial charge on any atom is 0.0548 e. The van der Waals surface area contributed by atoms with Crippen LogP contribution in [0, 0.1) is 11.3 Å². The molecular weight excluding hydrogens is 104 g/mol. The Morgan fingerprint density at radius 3 is 2.88 bits per heavy atom. The fourth-order valence-electron chi connectivity index (χ4n) is 1.49. The van der Waals surface area contributed by atoms with Gasteiger partial charge in [0.25, 0.3) is 0 Å². The van der Waals surface area contributed by atoms with Crippen molar-refractivity contribution >= 4 is 0 Å². The third-order valence-electron chi connectivity index (χ3n) is 2.38. The summed E-state index contributed by atoms with van der Waals surface area (Å²) < 4.78 is 5.14. The number of hydrogen-bond donors (Lipinski definition) is 1. The summed E-state index contributed by atoms with van der Waals surface area (Å²) in [6.07, 6.45) is 1.20. The van der Waals surface area contributed by atoms with E-state index in [0.29, 0.717) is 12.5 Å². The Labute approximate surface area is 48.5 Å². The monoisotopic (exact) mass is 114 g/mol. The van der Waals surface area contributed by atoms with Crippen molar-refractivity contribution in [3.05, 3.63) is 0 Å². The van der Waals surface area contributed by atoms with Gasteiger partial charge in [0.1, 0.15) is 0 Å². The molecule has 0 aromatic rings. The predicted octanol–water partition coefficient (Wildman–Crippen LogP) is 0.0152. The van der Waals surface area contributed by atoms with E-state index < -0.39 is 0 Å². The van der Waals surface area contributed by atoms with Crippen LogP contribution in [0.1, 0.15) is 6.42 Å². The summed E-state index contributed by atoms with van der Waals surface area (Å²) in [5.74, 6) is 0.701. The van der Waals surface area contributed by atoms with Crippen molar-refractivity contribution in [1.29, 1.82) is 0 Å². The lowest BCUT2D eigenvalue weighted by Crippen LogP contribution is -2.09. The highest BCUT2D eigenvalue weighted by molar-refractivity contribution is 5.05. The van der Waals surface area contributed by atoms with E-state index in [9.17, 15) is 0 Å². The van der Waals surface area contributed by atoms with E-state index in [1.807, 2.05) is 0 Å². The zero-order valence-electron chi connectivity index (χ0n) is 4.76. The van der Waals surface area contributed by atoms with Crippen molar-refractivity contribution in [2.75, 3.05) is 19.8 Å². The molecule has 2 atom stereocenters. The molecule has 8 heavy (non-hydrogen) atoms. The summed E-state index contributed by atoms with van der Waals surface area (Å²) in [5.41, 5.74) is 0.236. The molecule has 1 N–H and O–H groups in total. The van der Waals surface area contributed by atoms with E-state index in [2.05, 4.69) is 0 Å². The minimum Gasteiger partial charge on any atom is -0.396 e. The molecule has 1 aliphatic carbocycles. The molecule has 0 radical (unpaired) electrons. The van der Waals surface area contributed by atoms with Crippen molar-refractivity contribution in [2.45, 2.75) is 6.42 Å². The van der Waals surface area contributed by atoms with Crippen LogP contribution in [0.4, 0.5) is 0 Å². The summed E-state index contributed by atoms with van der Waals surface area (Å²) in [6.45, 7) is 2.02. The van der Waals surface area contributed by atoms with Crippen LogP contribution < -0.4 is 0 Å². The van der Waals surface area contributed by atoms with Crippen LogP contribution in [0.5, 0.6) is 0 Å². The van der Waals surface area contributed by atoms with Gasteiger partial charge in [-0.3, -0.25) is 0 Å². The minimum atomic E-state index is 0.236. The van der Waals surface area contributed by atoms with Crippen LogP contribution in [0.2, 0.25) is 0 Å². The van der Waals surface area contributed by atoms with Gasteiger partial charge >= 0.3 is 0 Å². The van der Waals surface area contributed by atoms with Crippen LogP contribution in [0.15, 0.2) is 0 Å². The Kier molecular flexibility index (Phi) is 0.746. The van der Waals surface area contributed by atoms with Gasteiger partial charge in [0.2, 0.25) is 0 Å². The maximum atomic E-state index is 8.79. The van der Waals surface area contributed by atoms with E-state index in [-0.39, 0.29) is 5.41 Å². The molecule has 2 fully saturated rings. The predicted molar refractivity (Wildman–Crippen MR) is 28.4 cm³/mol. The standard InChI is InChI=1S/C6H10O2/c7-3-6-1-5(6)2-8-4-6/h5,7H,1-4H2. The second-order valence-electron chi connectivity index (χ2n) is 2.94. The second-order valence-corrected chi connectivity index (χ2v) is 2.94. The van der Waals surface area contributed by atoms with E-state index >= 15 is 0 Å². The van der Waals surface area contributed by atoms with E-state index in [0.717, 1.165) is 13.2 Å². The molecule has 2 nitrogen and oxygen atoms in total. The van der Waals surface area contributed by atoms with Gasteiger partial charge < -0.3 is 9.84 Å². The van der Waals surface area contributed by atoms with Crippen LogP contribution in [-0.4, -0.2) is 24.9 Å². The molecule has 0 bridgehead atoms. The first kappa shape index (κ1) is 4.77. The molecular formula is C6H10O2. The van der Waals surface area contributed by atoms with Gasteiger partial charge in [0, 0.05) is 5.41 Å². The number of fused-ring (bicyclic) bond motifs is 1. The van der Waals surface area contributed by atoms with Crippen molar-refractivity contribution < 1.29 is 9.84 Å². The molecule has 2 aliphatic rings. The fourth-order valence-corrected chi connectivity index (χ4v) is 1.49. The highest BCUT2D eigenvalue weighted by Gasteiger charge is 2.57. The molecule has 1 saturated heterocycles. The fraction of sp³-hybridized carbons (Fsp3) is 1.00. The van der Waals surface area contributed by atoms with E-state index in [4.69, 9.17) is 9.84 Å². The number of aliphatic hydroxyl groups excluding tert-OH is 1. The van der Waals surface area contributed by atoms with Gasteiger partial charge in [0.15, 0.2) is 0 Å². The summed E-state index contributed by atoms with van der Waals surface area (Å²) in [7, 11) is 0. The molecule has 46 valence electrons. The zero-order chi connectivity index (χ0) is 5.61. The Bertz CT molecular complexity index is 109. The smallest absolute Gasteiger partial charge is 0.0548 e. The summed E-state index contributed by atoms with van der Waals surface area (Å²) in [5, 5.41) is 8.79. The van der Waals surface area contributed by atoms with Gasteiger partial charge in [0.05, 0.1) is 19.8 Å². The number of hydrogen-bond acceptors (Lipinski definition) is 2. The third-order valence-corrected chi connectivity index (χ3v) is 2.38. The molecule has 0 aromatic carbocycles. The van der Waals surface area contributed by atoms with Crippen molar-refractivity contribution in [2.24, 2.45) is 11.3 Å². The number of rotatable bonds is 1. The first-order chi connectivity index (χ1) is 3.87. The zero-order valence-corrected chi connectivity index (χ0v) is 4.76. The first-order valence-corrected chi connectivity index (χ1v) is 3.06. The number of ether oxygens (including phenoxy) is 1. The van der Waals surface area contributed by atoms with E-state index in [1.165, 1.54) is 6.42 Å². The lowest BCUT2D eigenvalue weighted by atomic mass is 10.1. The van der Waals surface area contributed by atoms with Gasteiger partial charge in [-0.2, -0.15) is 0 Å². The van der Waals surface area contributed by atoms with Crippen LogP contribution >= 0.6 is 0 Å². The molecule has 1 saturated carbocycles. The lowest BCUT2D eigenvalue weighted by molar-refractivity contribution is 0.117. The molecule has 0 amide bonds. The SMILES string of the molecule is OCC12COCC1C2. The van der Waals surface area contributed by atoms with Crippen molar-refractivity contribution in [3.63, 3.8) is 0 Å². The largest absolute Gasteiger partial charge is 0.396 e. The van der Waals surface area contributed by atoms with Gasteiger partial charge in [-0.25, -0.2) is 0 Å². The highest BCUT2D eigenvalue weighted by Crippen LogP contribution is 2.56. The summed E-state index contributed by atoms with van der Waals surface area (Å²) in [6, 6.07) is 0. The average Bonchev–Trinajstić information content (AvgIpc) is 2.38. The molecule has 1 heterocycles. The quantitative estimate of drug-likeness (QED) is 0.520. The third kappa shape index (κ3) is 0.400. The Balaban J connectivity index is 2.08. The van der Waals surface area contributed by atoms with Crippen LogP contribution in [0.25, 0.3) is 0 Å². The molecule has 2 heteroatoms. The normalized spacial score (nSPS) is 51.4. The molecule has 2 unspecified atom stereocenters. The van der Waals surface area contributed by atoms with E-state index in [1.54, 1.807) is 0 Å². The van der Waals surface area contributed by atoms with Crippen molar-refractivity contribution in [3.8, 4) is 0 Å². The maximum absolute atomic E-state index is 8.79. The first-order valence-electron chi connectivity index (χ1n) is 3.06. The van der Waals surface area contributed by atoms with Gasteiger partial charge in [-0.15, -0.1) is 0 Å². The summed E-state index contributed by atoms with van der Waals surface area (Å²) >= 11 is 0. The summed E-state index contributed by atoms with van der Waals surface area (Å²) in [4.78, 5) is 0. The second kappa shape index (κ2) is 1.25. The lowest BCUT2D eigenvalue weighted by Gasteiger charge is -2.02.